The van der Waals surface area contributed by atoms with Crippen LogP contribution in [0.25, 0.3) is 0 Å². The lowest BCUT2D eigenvalue weighted by molar-refractivity contribution is -0.384. The predicted molar refractivity (Wildman–Crippen MR) is 78.2 cm³/mol. The monoisotopic (exact) mass is 313 g/mol. The molecule has 1 atom stereocenters. The van der Waals surface area contributed by atoms with Gasteiger partial charge < -0.3 is 5.73 Å². The molecule has 1 aromatic carbocycles. The summed E-state index contributed by atoms with van der Waals surface area (Å²) in [7, 11) is -3.58. The molecule has 7 nitrogen and oxygen atoms in total. The summed E-state index contributed by atoms with van der Waals surface area (Å²) in [5.74, 6) is 0.341. The van der Waals surface area contributed by atoms with E-state index < -0.39 is 14.9 Å². The van der Waals surface area contributed by atoms with Gasteiger partial charge in [0.25, 0.3) is 5.69 Å². The predicted octanol–water partition coefficient (Wildman–Crippen LogP) is 1.34. The highest BCUT2D eigenvalue weighted by molar-refractivity contribution is 7.89. The van der Waals surface area contributed by atoms with Gasteiger partial charge in [0, 0.05) is 31.3 Å². The molecule has 2 rings (SSSR count). The number of nitrogens with two attached hydrogens (primary N) is 1. The van der Waals surface area contributed by atoms with Gasteiger partial charge in [-0.1, -0.05) is 0 Å². The molecule has 1 fully saturated rings. The Bertz CT molecular complexity index is 605. The summed E-state index contributed by atoms with van der Waals surface area (Å²) in [5.41, 5.74) is 5.73. The van der Waals surface area contributed by atoms with Gasteiger partial charge in [0.05, 0.1) is 9.82 Å². The van der Waals surface area contributed by atoms with Gasteiger partial charge in [0.2, 0.25) is 10.0 Å². The summed E-state index contributed by atoms with van der Waals surface area (Å²) in [6.07, 6.45) is 1.48. The molecule has 1 saturated heterocycles. The van der Waals surface area contributed by atoms with Crippen molar-refractivity contribution in [2.45, 2.75) is 30.7 Å². The Morgan fingerprint density at radius 3 is 2.24 bits per heavy atom. The molecule has 1 aliphatic heterocycles. The van der Waals surface area contributed by atoms with Crippen LogP contribution in [0.15, 0.2) is 29.2 Å². The standard InChI is InChI=1S/C13H19N3O4S/c1-10(14)11-6-8-15(9-7-11)21(19,20)13-4-2-12(3-5-13)16(17)18/h2-5,10-11H,6-9,14H2,1H3. The second-order valence-electron chi connectivity index (χ2n) is 5.35. The number of nitro benzene ring substituents is 1. The number of nitro groups is 1. The zero-order chi connectivity index (χ0) is 15.6. The Morgan fingerprint density at radius 1 is 1.29 bits per heavy atom. The molecule has 1 aliphatic rings. The third kappa shape index (κ3) is 3.39. The van der Waals surface area contributed by atoms with E-state index in [1.54, 1.807) is 0 Å². The fraction of sp³-hybridized carbons (Fsp3) is 0.538. The van der Waals surface area contributed by atoms with E-state index in [1.165, 1.54) is 28.6 Å². The molecule has 0 bridgehead atoms. The van der Waals surface area contributed by atoms with Gasteiger partial charge in [-0.25, -0.2) is 8.42 Å². The van der Waals surface area contributed by atoms with Gasteiger partial charge in [-0.05, 0) is 37.8 Å². The van der Waals surface area contributed by atoms with E-state index in [4.69, 9.17) is 5.73 Å². The maximum absolute atomic E-state index is 12.5. The lowest BCUT2D eigenvalue weighted by atomic mass is 9.92. The van der Waals surface area contributed by atoms with Gasteiger partial charge in [-0.15, -0.1) is 0 Å². The molecule has 0 saturated carbocycles. The van der Waals surface area contributed by atoms with Gasteiger partial charge in [0.1, 0.15) is 0 Å². The fourth-order valence-electron chi connectivity index (χ4n) is 2.53. The largest absolute Gasteiger partial charge is 0.328 e. The zero-order valence-corrected chi connectivity index (χ0v) is 12.6. The van der Waals surface area contributed by atoms with Crippen molar-refractivity contribution in [2.75, 3.05) is 13.1 Å². The highest BCUT2D eigenvalue weighted by Gasteiger charge is 2.30. The number of sulfonamides is 1. The summed E-state index contributed by atoms with van der Waals surface area (Å²) in [5, 5.41) is 10.6. The number of piperidine rings is 1. The molecule has 0 amide bonds. The third-order valence-corrected chi connectivity index (χ3v) is 5.84. The fourth-order valence-corrected chi connectivity index (χ4v) is 4.00. The van der Waals surface area contributed by atoms with E-state index in [9.17, 15) is 18.5 Å². The maximum atomic E-state index is 12.5. The molecule has 1 unspecified atom stereocenters. The minimum absolute atomic E-state index is 0.0641. The molecule has 8 heteroatoms. The van der Waals surface area contributed by atoms with Crippen molar-refractivity contribution < 1.29 is 13.3 Å². The topological polar surface area (TPSA) is 107 Å². The second-order valence-corrected chi connectivity index (χ2v) is 7.29. The normalized spacial score (nSPS) is 19.3. The molecule has 0 spiro atoms. The molecule has 1 aromatic rings. The summed E-state index contributed by atoms with van der Waals surface area (Å²) < 4.78 is 26.4. The Morgan fingerprint density at radius 2 is 1.81 bits per heavy atom. The lowest BCUT2D eigenvalue weighted by Gasteiger charge is -2.32. The van der Waals surface area contributed by atoms with Crippen LogP contribution in [0, 0.1) is 16.0 Å². The molecule has 0 aliphatic carbocycles. The van der Waals surface area contributed by atoms with E-state index in [0.29, 0.717) is 19.0 Å². The van der Waals surface area contributed by atoms with Gasteiger partial charge in [-0.3, -0.25) is 10.1 Å². The van der Waals surface area contributed by atoms with Crippen LogP contribution in [-0.4, -0.2) is 36.8 Å². The van der Waals surface area contributed by atoms with Crippen molar-refractivity contribution in [3.8, 4) is 0 Å². The highest BCUT2D eigenvalue weighted by atomic mass is 32.2. The molecule has 2 N–H and O–H groups in total. The zero-order valence-electron chi connectivity index (χ0n) is 11.8. The van der Waals surface area contributed by atoms with Crippen LogP contribution >= 0.6 is 0 Å². The van der Waals surface area contributed by atoms with Crippen LogP contribution in [0.1, 0.15) is 19.8 Å². The Labute approximate surface area is 123 Å². The van der Waals surface area contributed by atoms with E-state index >= 15 is 0 Å². The van der Waals surface area contributed by atoms with Crippen molar-refractivity contribution in [2.24, 2.45) is 11.7 Å². The molecule has 21 heavy (non-hydrogen) atoms. The third-order valence-electron chi connectivity index (χ3n) is 3.93. The first-order chi connectivity index (χ1) is 9.82. The molecule has 0 radical (unpaired) electrons. The second kappa shape index (κ2) is 6.08. The van der Waals surface area contributed by atoms with E-state index in [-0.39, 0.29) is 16.6 Å². The van der Waals surface area contributed by atoms with Crippen molar-refractivity contribution >= 4 is 15.7 Å². The first-order valence-corrected chi connectivity index (χ1v) is 8.26. The molecule has 0 aromatic heterocycles. The van der Waals surface area contributed by atoms with Gasteiger partial charge in [0.15, 0.2) is 0 Å². The average Bonchev–Trinajstić information content (AvgIpc) is 2.47. The first-order valence-electron chi connectivity index (χ1n) is 6.82. The number of benzene rings is 1. The van der Waals surface area contributed by atoms with Crippen LogP contribution < -0.4 is 5.73 Å². The summed E-state index contributed by atoms with van der Waals surface area (Å²) in [6, 6.07) is 5.05. The quantitative estimate of drug-likeness (QED) is 0.667. The highest BCUT2D eigenvalue weighted by Crippen LogP contribution is 2.26. The van der Waals surface area contributed by atoms with Crippen molar-refractivity contribution in [1.29, 1.82) is 0 Å². The van der Waals surface area contributed by atoms with Crippen LogP contribution in [0.4, 0.5) is 5.69 Å². The lowest BCUT2D eigenvalue weighted by Crippen LogP contribution is -2.42. The van der Waals surface area contributed by atoms with Crippen LogP contribution in [0.2, 0.25) is 0 Å². The minimum atomic E-state index is -3.58. The number of non-ortho nitro benzene ring substituents is 1. The SMILES string of the molecule is CC(N)C1CCN(S(=O)(=O)c2ccc([N+](=O)[O-])cc2)CC1. The minimum Gasteiger partial charge on any atom is -0.328 e. The van der Waals surface area contributed by atoms with Gasteiger partial charge >= 0.3 is 0 Å². The Kier molecular flexibility index (Phi) is 4.60. The number of hydrogen-bond acceptors (Lipinski definition) is 5. The van der Waals surface area contributed by atoms with Crippen LogP contribution in [0.3, 0.4) is 0 Å². The maximum Gasteiger partial charge on any atom is 0.269 e. The summed E-state index contributed by atoms with van der Waals surface area (Å²) >= 11 is 0. The van der Waals surface area contributed by atoms with Gasteiger partial charge in [-0.2, -0.15) is 4.31 Å². The molecule has 1 heterocycles. The number of hydrogen-bond donors (Lipinski definition) is 1. The average molecular weight is 313 g/mol. The van der Waals surface area contributed by atoms with Crippen LogP contribution in [0.5, 0.6) is 0 Å². The number of rotatable bonds is 4. The summed E-state index contributed by atoms with van der Waals surface area (Å²) in [6.45, 7) is 2.81. The first kappa shape index (κ1) is 15.9. The van der Waals surface area contributed by atoms with Crippen LogP contribution in [-0.2, 0) is 10.0 Å². The Hall–Kier alpha value is -1.51. The van der Waals surface area contributed by atoms with E-state index in [2.05, 4.69) is 0 Å². The Balaban J connectivity index is 2.13. The number of nitrogens with zero attached hydrogens (tertiary/aromatic N) is 2. The molecular formula is C13H19N3O4S. The van der Waals surface area contributed by atoms with Crippen molar-refractivity contribution in [1.82, 2.24) is 4.31 Å². The van der Waals surface area contributed by atoms with E-state index in [1.807, 2.05) is 6.92 Å². The van der Waals surface area contributed by atoms with E-state index in [0.717, 1.165) is 12.8 Å². The van der Waals surface area contributed by atoms with Crippen molar-refractivity contribution in [3.05, 3.63) is 34.4 Å². The molecular weight excluding hydrogens is 294 g/mol. The smallest absolute Gasteiger partial charge is 0.269 e. The van der Waals surface area contributed by atoms with Crippen molar-refractivity contribution in [3.63, 3.8) is 0 Å². The molecule has 116 valence electrons. The summed E-state index contributed by atoms with van der Waals surface area (Å²) in [4.78, 5) is 10.1.